The van der Waals surface area contributed by atoms with E-state index in [1.807, 2.05) is 37.8 Å². The predicted octanol–water partition coefficient (Wildman–Crippen LogP) is 7.55. The molecular weight excluding hydrogens is 593 g/mol. The quantitative estimate of drug-likeness (QED) is 0.148. The van der Waals surface area contributed by atoms with Gasteiger partial charge in [0.2, 0.25) is 0 Å². The molecule has 2 atom stereocenters. The van der Waals surface area contributed by atoms with Crippen molar-refractivity contribution in [3.8, 4) is 5.75 Å². The van der Waals surface area contributed by atoms with Crippen molar-refractivity contribution in [2.24, 2.45) is 0 Å². The summed E-state index contributed by atoms with van der Waals surface area (Å²) in [5, 5.41) is 5.06. The molecule has 6 nitrogen and oxygen atoms in total. The van der Waals surface area contributed by atoms with Gasteiger partial charge in [-0.2, -0.15) is 0 Å². The summed E-state index contributed by atoms with van der Waals surface area (Å²) in [4.78, 5) is 25.9. The van der Waals surface area contributed by atoms with Crippen LogP contribution in [0.2, 0.25) is 0 Å². The fourth-order valence-electron chi connectivity index (χ4n) is 6.32. The van der Waals surface area contributed by atoms with Gasteiger partial charge in [0.25, 0.3) is 0 Å². The first-order valence-corrected chi connectivity index (χ1v) is 17.2. The van der Waals surface area contributed by atoms with Gasteiger partial charge in [0, 0.05) is 42.4 Å². The Hall–Kier alpha value is -4.41. The van der Waals surface area contributed by atoms with Crippen molar-refractivity contribution in [2.75, 3.05) is 0 Å². The summed E-state index contributed by atoms with van der Waals surface area (Å²) >= 11 is 0. The Morgan fingerprint density at radius 3 is 1.74 bits per heavy atom. The number of hydrogen-bond donors (Lipinski definition) is 0. The van der Waals surface area contributed by atoms with E-state index < -0.39 is 13.5 Å². The molecule has 5 aromatic rings. The second-order valence-corrected chi connectivity index (χ2v) is 15.0. The molecule has 2 saturated heterocycles. The zero-order valence-corrected chi connectivity index (χ0v) is 27.4. The van der Waals surface area contributed by atoms with Gasteiger partial charge in [-0.15, -0.1) is 0 Å². The summed E-state index contributed by atoms with van der Waals surface area (Å²) in [5.74, 6) is 0.687. The van der Waals surface area contributed by atoms with E-state index in [0.29, 0.717) is 11.3 Å². The van der Waals surface area contributed by atoms with Crippen molar-refractivity contribution in [3.05, 3.63) is 132 Å². The van der Waals surface area contributed by atoms with Gasteiger partial charge in [-0.1, -0.05) is 91.0 Å². The standard InChI is InChI=1S/C21H25NO5.C18H15P/c1-21(2,3)27-20(24)22-14-6-7-15(22)11-17(10-14)25-16-8-4-13-5-9-19(23)26-18(13)12-16;1-4-10-16(11-5-1)19(17-12-6-2-7-13-17)18-14-8-3-9-15-18/h4-5,8-9,12,14-15,17H,6-7,10-11H2,1-3H3;1-15H. The van der Waals surface area contributed by atoms with E-state index in [1.54, 1.807) is 12.1 Å². The van der Waals surface area contributed by atoms with Crippen LogP contribution in [-0.4, -0.2) is 34.8 Å². The Morgan fingerprint density at radius 1 is 0.739 bits per heavy atom. The molecule has 2 bridgehead atoms. The van der Waals surface area contributed by atoms with Crippen molar-refractivity contribution in [3.63, 3.8) is 0 Å². The lowest BCUT2D eigenvalue weighted by Gasteiger charge is -2.39. The molecule has 7 rings (SSSR count). The number of rotatable bonds is 5. The summed E-state index contributed by atoms with van der Waals surface area (Å²) in [6, 6.07) is 41.3. The highest BCUT2D eigenvalue weighted by Gasteiger charge is 2.45. The molecule has 7 heteroatoms. The van der Waals surface area contributed by atoms with Crippen LogP contribution >= 0.6 is 7.92 Å². The van der Waals surface area contributed by atoms with Crippen molar-refractivity contribution in [1.29, 1.82) is 0 Å². The van der Waals surface area contributed by atoms with Gasteiger partial charge in [0.05, 0.1) is 0 Å². The van der Waals surface area contributed by atoms with E-state index in [-0.39, 0.29) is 29.9 Å². The molecule has 2 fully saturated rings. The number of amides is 1. The van der Waals surface area contributed by atoms with Crippen molar-refractivity contribution >= 4 is 40.9 Å². The van der Waals surface area contributed by atoms with Crippen LogP contribution in [0.25, 0.3) is 11.0 Å². The maximum atomic E-state index is 12.5. The van der Waals surface area contributed by atoms with Crippen LogP contribution in [0.5, 0.6) is 5.75 Å². The van der Waals surface area contributed by atoms with Crippen LogP contribution in [0.15, 0.2) is 131 Å². The molecule has 0 spiro atoms. The van der Waals surface area contributed by atoms with Gasteiger partial charge in [-0.3, -0.25) is 0 Å². The molecule has 2 aliphatic rings. The van der Waals surface area contributed by atoms with Crippen LogP contribution < -0.4 is 26.3 Å². The highest BCUT2D eigenvalue weighted by molar-refractivity contribution is 7.79. The van der Waals surface area contributed by atoms with E-state index in [1.165, 1.54) is 22.0 Å². The maximum absolute atomic E-state index is 12.5. The van der Waals surface area contributed by atoms with Gasteiger partial charge in [-0.05, 0) is 75.6 Å². The minimum Gasteiger partial charge on any atom is -0.490 e. The summed E-state index contributed by atoms with van der Waals surface area (Å²) < 4.78 is 17.0. The number of carbonyl (C=O) groups is 1. The highest BCUT2D eigenvalue weighted by Crippen LogP contribution is 2.38. The van der Waals surface area contributed by atoms with Gasteiger partial charge in [-0.25, -0.2) is 9.59 Å². The Kier molecular flexibility index (Phi) is 9.56. The summed E-state index contributed by atoms with van der Waals surface area (Å²) in [6.45, 7) is 5.67. The number of benzene rings is 4. The molecule has 3 heterocycles. The number of ether oxygens (including phenoxy) is 2. The molecule has 2 unspecified atom stereocenters. The molecule has 1 amide bonds. The Balaban J connectivity index is 0.000000172. The largest absolute Gasteiger partial charge is 0.490 e. The number of hydrogen-bond acceptors (Lipinski definition) is 5. The van der Waals surface area contributed by atoms with Crippen LogP contribution in [0.3, 0.4) is 0 Å². The summed E-state index contributed by atoms with van der Waals surface area (Å²) in [5.41, 5.74) is -0.337. The van der Waals surface area contributed by atoms with E-state index >= 15 is 0 Å². The zero-order chi connectivity index (χ0) is 32.1. The molecule has 0 radical (unpaired) electrons. The molecule has 2 aliphatic heterocycles. The van der Waals surface area contributed by atoms with Crippen molar-refractivity contribution < 1.29 is 18.7 Å². The fraction of sp³-hybridized carbons (Fsp3) is 0.282. The Morgan fingerprint density at radius 2 is 1.24 bits per heavy atom. The van der Waals surface area contributed by atoms with Crippen molar-refractivity contribution in [2.45, 2.75) is 70.2 Å². The zero-order valence-electron chi connectivity index (χ0n) is 26.5. The topological polar surface area (TPSA) is 69.0 Å². The first kappa shape index (κ1) is 31.6. The van der Waals surface area contributed by atoms with E-state index in [2.05, 4.69) is 91.0 Å². The third-order valence-electron chi connectivity index (χ3n) is 8.23. The highest BCUT2D eigenvalue weighted by atomic mass is 31.1. The van der Waals surface area contributed by atoms with E-state index in [4.69, 9.17) is 13.9 Å². The van der Waals surface area contributed by atoms with Gasteiger partial charge < -0.3 is 18.8 Å². The first-order valence-electron chi connectivity index (χ1n) is 15.9. The van der Waals surface area contributed by atoms with E-state index in [0.717, 1.165) is 31.1 Å². The predicted molar refractivity (Wildman–Crippen MR) is 186 cm³/mol. The smallest absolute Gasteiger partial charge is 0.410 e. The molecule has 46 heavy (non-hydrogen) atoms. The number of carbonyl (C=O) groups excluding carboxylic acids is 1. The van der Waals surface area contributed by atoms with Crippen LogP contribution in [0.1, 0.15) is 46.5 Å². The van der Waals surface area contributed by atoms with E-state index in [9.17, 15) is 9.59 Å². The third-order valence-corrected chi connectivity index (χ3v) is 10.7. The fourth-order valence-corrected chi connectivity index (χ4v) is 8.63. The SMILES string of the molecule is CC(C)(C)OC(=O)N1C2CCC1CC(Oc1ccc3ccc(=O)oc3c1)C2.c1ccc(P(c2ccccc2)c2ccccc2)cc1. The van der Waals surface area contributed by atoms with Gasteiger partial charge in [0.15, 0.2) is 0 Å². The molecule has 1 aromatic heterocycles. The molecule has 4 aromatic carbocycles. The molecule has 0 saturated carbocycles. The normalized spacial score (nSPS) is 19.0. The van der Waals surface area contributed by atoms with Crippen molar-refractivity contribution in [1.82, 2.24) is 4.90 Å². The van der Waals surface area contributed by atoms with Crippen LogP contribution in [0, 0.1) is 0 Å². The average Bonchev–Trinajstić information content (AvgIpc) is 3.32. The maximum Gasteiger partial charge on any atom is 0.410 e. The minimum atomic E-state index is -0.487. The Labute approximate surface area is 271 Å². The monoisotopic (exact) mass is 633 g/mol. The second kappa shape index (κ2) is 13.9. The number of piperidine rings is 1. The third kappa shape index (κ3) is 7.68. The van der Waals surface area contributed by atoms with Gasteiger partial charge >= 0.3 is 11.7 Å². The lowest BCUT2D eigenvalue weighted by molar-refractivity contribution is -0.00706. The molecule has 0 N–H and O–H groups in total. The summed E-state index contributed by atoms with van der Waals surface area (Å²) in [7, 11) is -0.446. The Bertz CT molecular complexity index is 1700. The molecule has 0 aliphatic carbocycles. The lowest BCUT2D eigenvalue weighted by Crippen LogP contribution is -2.50. The molecule has 236 valence electrons. The second-order valence-electron chi connectivity index (χ2n) is 12.8. The molecular formula is C39H40NO5P. The average molecular weight is 634 g/mol. The van der Waals surface area contributed by atoms with Crippen LogP contribution in [-0.2, 0) is 4.74 Å². The summed E-state index contributed by atoms with van der Waals surface area (Å²) in [6.07, 6.45) is 3.35. The van der Waals surface area contributed by atoms with Gasteiger partial charge in [0.1, 0.15) is 23.0 Å². The lowest BCUT2D eigenvalue weighted by atomic mass is 10.00. The minimum absolute atomic E-state index is 0.0362. The first-order chi connectivity index (χ1) is 22.2. The van der Waals surface area contributed by atoms with Crippen LogP contribution in [0.4, 0.5) is 4.79 Å². The number of fused-ring (bicyclic) bond motifs is 3. The number of nitrogens with zero attached hydrogens (tertiary/aromatic N) is 1.